The fraction of sp³-hybridized carbons (Fsp3) is 0.500. The minimum absolute atomic E-state index is 1.20. The van der Waals surface area contributed by atoms with E-state index in [1.54, 1.807) is 0 Å². The summed E-state index contributed by atoms with van der Waals surface area (Å²) in [6, 6.07) is 0. The van der Waals surface area contributed by atoms with Crippen molar-refractivity contribution >= 4 is 17.7 Å². The summed E-state index contributed by atoms with van der Waals surface area (Å²) >= 11 is 0. The first-order valence-corrected chi connectivity index (χ1v) is 3.32. The van der Waals surface area contributed by atoms with E-state index in [9.17, 15) is 14.4 Å². The highest BCUT2D eigenvalue weighted by molar-refractivity contribution is 6.32. The summed E-state index contributed by atoms with van der Waals surface area (Å²) in [5.41, 5.74) is 0. The Morgan fingerprint density at radius 1 is 1.14 bits per heavy atom. The zero-order chi connectivity index (χ0) is 11.5. The zero-order valence-corrected chi connectivity index (χ0v) is 6.75. The van der Waals surface area contributed by atoms with Crippen LogP contribution in [-0.4, -0.2) is 55.1 Å². The number of aliphatic hydroxyl groups excluding tert-OH is 1. The number of carbonyl (C=O) groups excluding carboxylic acids is 1. The number of ketones is 1. The summed E-state index contributed by atoms with van der Waals surface area (Å²) in [6.07, 6.45) is -3.60. The second-order valence-corrected chi connectivity index (χ2v) is 2.48. The molecule has 0 rings (SSSR count). The highest BCUT2D eigenvalue weighted by Gasteiger charge is 2.43. The van der Waals surface area contributed by atoms with Gasteiger partial charge in [0.1, 0.15) is 6.10 Å². The van der Waals surface area contributed by atoms with Crippen molar-refractivity contribution in [3.8, 4) is 0 Å². The lowest BCUT2D eigenvalue weighted by molar-refractivity contribution is -0.236. The molecule has 0 spiro atoms. The molecule has 0 saturated heterocycles. The minimum atomic E-state index is -3.54. The monoisotopic (exact) mass is 208 g/mol. The number of carboxylic acids is 2. The second kappa shape index (κ2) is 4.13. The average Bonchev–Trinajstić information content (AvgIpc) is 2.03. The van der Waals surface area contributed by atoms with Crippen LogP contribution in [-0.2, 0) is 14.4 Å². The van der Waals surface area contributed by atoms with E-state index in [1.807, 2.05) is 0 Å². The van der Waals surface area contributed by atoms with Crippen LogP contribution in [0, 0.1) is 0 Å². The lowest BCUT2D eigenvalue weighted by atomic mass is 10.0. The minimum Gasteiger partial charge on any atom is -0.477 e. The summed E-state index contributed by atoms with van der Waals surface area (Å²) in [4.78, 5) is 30.5. The van der Waals surface area contributed by atoms with Gasteiger partial charge in [0, 0.05) is 6.42 Å². The molecule has 0 heterocycles. The van der Waals surface area contributed by atoms with Gasteiger partial charge in [0.05, 0.1) is 0 Å². The van der Waals surface area contributed by atoms with E-state index in [1.165, 1.54) is 0 Å². The van der Waals surface area contributed by atoms with Gasteiger partial charge in [-0.05, 0) is 0 Å². The maximum atomic E-state index is 10.4. The Balaban J connectivity index is 4.49. The molecule has 0 aromatic heterocycles. The predicted molar refractivity (Wildman–Crippen MR) is 38.1 cm³/mol. The fourth-order valence-corrected chi connectivity index (χ4v) is 0.548. The van der Waals surface area contributed by atoms with E-state index in [4.69, 9.17) is 25.5 Å². The lowest BCUT2D eigenvalue weighted by Crippen LogP contribution is -2.50. The van der Waals surface area contributed by atoms with E-state index < -0.39 is 36.0 Å². The molecule has 0 aromatic carbocycles. The Morgan fingerprint density at radius 3 is 1.86 bits per heavy atom. The number of carboxylic acid groups (broad SMARTS) is 2. The van der Waals surface area contributed by atoms with Gasteiger partial charge < -0.3 is 25.5 Å². The Labute approximate surface area is 77.0 Å². The van der Waals surface area contributed by atoms with Crippen LogP contribution in [0.4, 0.5) is 0 Å². The Kier molecular flexibility index (Phi) is 3.69. The number of aliphatic hydroxyl groups is 3. The summed E-state index contributed by atoms with van der Waals surface area (Å²) in [7, 11) is 0. The molecule has 0 amide bonds. The van der Waals surface area contributed by atoms with Crippen LogP contribution < -0.4 is 0 Å². The zero-order valence-electron chi connectivity index (χ0n) is 6.75. The molecule has 0 aliphatic heterocycles. The number of aliphatic carboxylic acids is 2. The molecule has 1 unspecified atom stereocenters. The normalized spacial score (nSPS) is 13.4. The van der Waals surface area contributed by atoms with Crippen molar-refractivity contribution in [2.45, 2.75) is 18.3 Å². The summed E-state index contributed by atoms with van der Waals surface area (Å²) in [5, 5.41) is 42.3. The molecule has 5 N–H and O–H groups in total. The van der Waals surface area contributed by atoms with E-state index in [-0.39, 0.29) is 0 Å². The number of rotatable bonds is 5. The topological polar surface area (TPSA) is 152 Å². The van der Waals surface area contributed by atoms with Crippen molar-refractivity contribution in [3.63, 3.8) is 0 Å². The first-order chi connectivity index (χ1) is 6.19. The van der Waals surface area contributed by atoms with E-state index in [0.29, 0.717) is 0 Å². The first kappa shape index (κ1) is 12.5. The van der Waals surface area contributed by atoms with Crippen molar-refractivity contribution in [2.24, 2.45) is 0 Å². The number of carbonyl (C=O) groups is 3. The van der Waals surface area contributed by atoms with Crippen LogP contribution >= 0.6 is 0 Å². The van der Waals surface area contributed by atoms with Crippen molar-refractivity contribution in [1.82, 2.24) is 0 Å². The average molecular weight is 208 g/mol. The van der Waals surface area contributed by atoms with E-state index in [2.05, 4.69) is 0 Å². The van der Waals surface area contributed by atoms with Crippen LogP contribution in [0.15, 0.2) is 0 Å². The standard InChI is InChI=1S/C6H8O8/c7-2(4(9)10)1-3(8)6(13,14)5(11)12/h3,8,13-14H,1H2,(H,9,10)(H,11,12). The molecule has 0 saturated carbocycles. The van der Waals surface area contributed by atoms with Crippen molar-refractivity contribution in [2.75, 3.05) is 0 Å². The van der Waals surface area contributed by atoms with Gasteiger partial charge in [0.2, 0.25) is 5.78 Å². The van der Waals surface area contributed by atoms with E-state index in [0.717, 1.165) is 0 Å². The molecule has 0 radical (unpaired) electrons. The third-order valence-electron chi connectivity index (χ3n) is 1.40. The largest absolute Gasteiger partial charge is 0.477 e. The first-order valence-electron chi connectivity index (χ1n) is 3.32. The summed E-state index contributed by atoms with van der Waals surface area (Å²) in [6.45, 7) is 0. The molecule has 8 heteroatoms. The fourth-order valence-electron chi connectivity index (χ4n) is 0.548. The van der Waals surface area contributed by atoms with Gasteiger partial charge in [-0.15, -0.1) is 0 Å². The Bertz CT molecular complexity index is 267. The molecule has 0 bridgehead atoms. The number of Topliss-reactive ketones (excluding diaryl/α,β-unsaturated/α-hetero) is 1. The smallest absolute Gasteiger partial charge is 0.372 e. The van der Waals surface area contributed by atoms with Crippen molar-refractivity contribution in [3.05, 3.63) is 0 Å². The highest BCUT2D eigenvalue weighted by Crippen LogP contribution is 2.10. The number of hydrogen-bond acceptors (Lipinski definition) is 6. The van der Waals surface area contributed by atoms with Gasteiger partial charge in [0.25, 0.3) is 5.79 Å². The molecule has 14 heavy (non-hydrogen) atoms. The Hall–Kier alpha value is -1.51. The molecule has 0 aliphatic rings. The molecule has 80 valence electrons. The van der Waals surface area contributed by atoms with Crippen LogP contribution in [0.3, 0.4) is 0 Å². The summed E-state index contributed by atoms with van der Waals surface area (Å²) in [5.74, 6) is -9.13. The van der Waals surface area contributed by atoms with Gasteiger partial charge >= 0.3 is 11.9 Å². The second-order valence-electron chi connectivity index (χ2n) is 2.48. The van der Waals surface area contributed by atoms with Gasteiger partial charge in [-0.3, -0.25) is 4.79 Å². The molecule has 1 atom stereocenters. The van der Waals surface area contributed by atoms with Crippen LogP contribution in [0.2, 0.25) is 0 Å². The highest BCUT2D eigenvalue weighted by atomic mass is 16.6. The van der Waals surface area contributed by atoms with Crippen molar-refractivity contribution < 1.29 is 39.9 Å². The third-order valence-corrected chi connectivity index (χ3v) is 1.40. The van der Waals surface area contributed by atoms with E-state index >= 15 is 0 Å². The quantitative estimate of drug-likeness (QED) is 0.239. The molecule has 8 nitrogen and oxygen atoms in total. The lowest BCUT2D eigenvalue weighted by Gasteiger charge is -2.21. The molecule has 0 aromatic rings. The third kappa shape index (κ3) is 2.76. The molecule has 0 fully saturated rings. The molecular formula is C6H8O8. The van der Waals surface area contributed by atoms with Crippen molar-refractivity contribution in [1.29, 1.82) is 0 Å². The number of hydrogen-bond donors (Lipinski definition) is 5. The van der Waals surface area contributed by atoms with Gasteiger partial charge in [-0.1, -0.05) is 0 Å². The van der Waals surface area contributed by atoms with Crippen LogP contribution in [0.1, 0.15) is 6.42 Å². The summed E-state index contributed by atoms with van der Waals surface area (Å²) < 4.78 is 0. The molecule has 0 aliphatic carbocycles. The molecular weight excluding hydrogens is 200 g/mol. The van der Waals surface area contributed by atoms with Gasteiger partial charge in [-0.25, -0.2) is 9.59 Å². The van der Waals surface area contributed by atoms with Crippen LogP contribution in [0.25, 0.3) is 0 Å². The Morgan fingerprint density at radius 2 is 1.57 bits per heavy atom. The van der Waals surface area contributed by atoms with Gasteiger partial charge in [-0.2, -0.15) is 0 Å². The SMILES string of the molecule is O=C(O)C(=O)CC(O)C(O)(O)C(=O)O. The maximum Gasteiger partial charge on any atom is 0.372 e. The predicted octanol–water partition coefficient (Wildman–Crippen LogP) is -2.84. The van der Waals surface area contributed by atoms with Crippen LogP contribution in [0.5, 0.6) is 0 Å². The maximum absolute atomic E-state index is 10.4. The van der Waals surface area contributed by atoms with Gasteiger partial charge in [0.15, 0.2) is 0 Å².